The molecule has 0 saturated carbocycles. The first-order valence-corrected chi connectivity index (χ1v) is 10.2. The molecule has 0 unspecified atom stereocenters. The molecule has 27 heavy (non-hydrogen) atoms. The minimum atomic E-state index is -0.535. The van der Waals surface area contributed by atoms with Crippen LogP contribution in [0.5, 0.6) is 0 Å². The van der Waals surface area contributed by atoms with E-state index in [4.69, 9.17) is 0 Å². The number of carbonyl (C=O) groups excluding carboxylic acids is 2. The Morgan fingerprint density at radius 1 is 1.33 bits per heavy atom. The van der Waals surface area contributed by atoms with E-state index in [9.17, 15) is 14.7 Å². The van der Waals surface area contributed by atoms with Crippen LogP contribution in [0.3, 0.4) is 0 Å². The van der Waals surface area contributed by atoms with E-state index in [1.165, 1.54) is 7.11 Å². The van der Waals surface area contributed by atoms with E-state index in [0.29, 0.717) is 19.3 Å². The maximum atomic E-state index is 12.1. The SMILES string of the molecule is CCC#CC[C@H](C)[C@@H](O)C=C[C@H]1CCC(=O)N1CCCCCCC(=O)OC. The highest BCUT2D eigenvalue weighted by atomic mass is 16.5. The second-order valence-corrected chi connectivity index (χ2v) is 7.20. The Morgan fingerprint density at radius 2 is 2.07 bits per heavy atom. The van der Waals surface area contributed by atoms with Gasteiger partial charge in [0, 0.05) is 32.2 Å². The van der Waals surface area contributed by atoms with Crippen molar-refractivity contribution in [2.45, 2.75) is 83.8 Å². The first-order valence-electron chi connectivity index (χ1n) is 10.2. The van der Waals surface area contributed by atoms with Crippen molar-refractivity contribution in [3.63, 3.8) is 0 Å². The number of hydrogen-bond acceptors (Lipinski definition) is 4. The second-order valence-electron chi connectivity index (χ2n) is 7.20. The van der Waals surface area contributed by atoms with Crippen LogP contribution >= 0.6 is 0 Å². The summed E-state index contributed by atoms with van der Waals surface area (Å²) in [5.41, 5.74) is 0. The van der Waals surface area contributed by atoms with Crippen molar-refractivity contribution in [3.8, 4) is 11.8 Å². The number of ether oxygens (including phenoxy) is 1. The van der Waals surface area contributed by atoms with Crippen molar-refractivity contribution >= 4 is 11.9 Å². The number of aliphatic hydroxyl groups is 1. The zero-order valence-electron chi connectivity index (χ0n) is 17.1. The van der Waals surface area contributed by atoms with E-state index in [-0.39, 0.29) is 23.8 Å². The van der Waals surface area contributed by atoms with Crippen molar-refractivity contribution < 1.29 is 19.4 Å². The van der Waals surface area contributed by atoms with Gasteiger partial charge in [0.25, 0.3) is 0 Å². The van der Waals surface area contributed by atoms with Gasteiger partial charge in [-0.3, -0.25) is 9.59 Å². The van der Waals surface area contributed by atoms with Gasteiger partial charge in [-0.2, -0.15) is 0 Å². The number of methoxy groups -OCH3 is 1. The predicted molar refractivity (Wildman–Crippen MR) is 107 cm³/mol. The first-order chi connectivity index (χ1) is 13.0. The van der Waals surface area contributed by atoms with Crippen LogP contribution in [0.15, 0.2) is 12.2 Å². The molecule has 0 aromatic rings. The van der Waals surface area contributed by atoms with Crippen LogP contribution in [-0.4, -0.2) is 47.7 Å². The Hall–Kier alpha value is -1.80. The Bertz CT molecular complexity index is 546. The molecular formula is C22H35NO4. The van der Waals surface area contributed by atoms with Gasteiger partial charge in [0.1, 0.15) is 0 Å². The average Bonchev–Trinajstić information content (AvgIpc) is 3.02. The van der Waals surface area contributed by atoms with Crippen LogP contribution in [0, 0.1) is 17.8 Å². The van der Waals surface area contributed by atoms with Gasteiger partial charge < -0.3 is 14.7 Å². The minimum Gasteiger partial charge on any atom is -0.469 e. The lowest BCUT2D eigenvalue weighted by Crippen LogP contribution is -2.33. The van der Waals surface area contributed by atoms with Crippen molar-refractivity contribution in [2.75, 3.05) is 13.7 Å². The molecule has 1 N–H and O–H groups in total. The summed E-state index contributed by atoms with van der Waals surface area (Å²) in [6.45, 7) is 4.74. The molecule has 1 aliphatic heterocycles. The lowest BCUT2D eigenvalue weighted by molar-refractivity contribution is -0.140. The summed E-state index contributed by atoms with van der Waals surface area (Å²) in [6.07, 6.45) is 10.4. The topological polar surface area (TPSA) is 66.8 Å². The Balaban J connectivity index is 2.37. The van der Waals surface area contributed by atoms with Crippen molar-refractivity contribution in [2.24, 2.45) is 5.92 Å². The van der Waals surface area contributed by atoms with Gasteiger partial charge >= 0.3 is 5.97 Å². The highest BCUT2D eigenvalue weighted by Gasteiger charge is 2.28. The van der Waals surface area contributed by atoms with Crippen LogP contribution in [0.1, 0.15) is 71.6 Å². The van der Waals surface area contributed by atoms with Gasteiger partial charge in [-0.05, 0) is 25.2 Å². The quantitative estimate of drug-likeness (QED) is 0.259. The Kier molecular flexibility index (Phi) is 11.5. The molecule has 152 valence electrons. The Morgan fingerprint density at radius 3 is 2.78 bits per heavy atom. The number of esters is 1. The summed E-state index contributed by atoms with van der Waals surface area (Å²) >= 11 is 0. The molecule has 1 saturated heterocycles. The number of likely N-dealkylation sites (tertiary alicyclic amines) is 1. The molecule has 1 rings (SSSR count). The molecule has 0 aromatic heterocycles. The van der Waals surface area contributed by atoms with Gasteiger partial charge in [-0.25, -0.2) is 0 Å². The molecule has 5 heteroatoms. The van der Waals surface area contributed by atoms with Gasteiger partial charge in [0.2, 0.25) is 5.91 Å². The molecule has 0 bridgehead atoms. The van der Waals surface area contributed by atoms with E-state index in [0.717, 1.165) is 45.1 Å². The molecule has 1 heterocycles. The second kappa shape index (κ2) is 13.4. The zero-order valence-corrected chi connectivity index (χ0v) is 17.1. The highest BCUT2D eigenvalue weighted by Crippen LogP contribution is 2.22. The molecule has 1 aliphatic rings. The third kappa shape index (κ3) is 9.10. The van der Waals surface area contributed by atoms with Crippen LogP contribution in [0.4, 0.5) is 0 Å². The fourth-order valence-corrected chi connectivity index (χ4v) is 3.16. The molecule has 1 amide bonds. The largest absolute Gasteiger partial charge is 0.469 e. The number of rotatable bonds is 11. The fraction of sp³-hybridized carbons (Fsp3) is 0.727. The molecule has 1 fully saturated rings. The maximum absolute atomic E-state index is 12.1. The number of unbranched alkanes of at least 4 members (excludes halogenated alkanes) is 3. The molecule has 0 aliphatic carbocycles. The van der Waals surface area contributed by atoms with Gasteiger partial charge in [-0.15, -0.1) is 11.8 Å². The van der Waals surface area contributed by atoms with Crippen molar-refractivity contribution in [1.82, 2.24) is 4.90 Å². The number of hydrogen-bond donors (Lipinski definition) is 1. The number of amides is 1. The normalized spacial score (nSPS) is 19.0. The van der Waals surface area contributed by atoms with Crippen LogP contribution in [0.2, 0.25) is 0 Å². The average molecular weight is 378 g/mol. The van der Waals surface area contributed by atoms with Crippen molar-refractivity contribution in [3.05, 3.63) is 12.2 Å². The van der Waals surface area contributed by atoms with E-state index in [1.54, 1.807) is 0 Å². The predicted octanol–water partition coefficient (Wildman–Crippen LogP) is 3.46. The van der Waals surface area contributed by atoms with E-state index in [1.807, 2.05) is 30.9 Å². The highest BCUT2D eigenvalue weighted by molar-refractivity contribution is 5.79. The first kappa shape index (κ1) is 23.2. The monoisotopic (exact) mass is 377 g/mol. The van der Waals surface area contributed by atoms with Gasteiger partial charge in [0.15, 0.2) is 0 Å². The molecule has 0 radical (unpaired) electrons. The number of carbonyl (C=O) groups is 2. The van der Waals surface area contributed by atoms with E-state index >= 15 is 0 Å². The molecule has 3 atom stereocenters. The smallest absolute Gasteiger partial charge is 0.305 e. The summed E-state index contributed by atoms with van der Waals surface area (Å²) in [7, 11) is 1.41. The molecular weight excluding hydrogens is 342 g/mol. The lowest BCUT2D eigenvalue weighted by Gasteiger charge is -2.23. The van der Waals surface area contributed by atoms with Gasteiger partial charge in [-0.1, -0.05) is 38.8 Å². The van der Waals surface area contributed by atoms with E-state index in [2.05, 4.69) is 16.6 Å². The van der Waals surface area contributed by atoms with Gasteiger partial charge in [0.05, 0.1) is 19.3 Å². The summed E-state index contributed by atoms with van der Waals surface area (Å²) in [5, 5.41) is 10.3. The van der Waals surface area contributed by atoms with Crippen LogP contribution in [-0.2, 0) is 14.3 Å². The maximum Gasteiger partial charge on any atom is 0.305 e. The third-order valence-electron chi connectivity index (χ3n) is 4.97. The summed E-state index contributed by atoms with van der Waals surface area (Å²) in [5.74, 6) is 6.22. The third-order valence-corrected chi connectivity index (χ3v) is 4.97. The summed E-state index contributed by atoms with van der Waals surface area (Å²) in [6, 6.07) is 0.0798. The fourth-order valence-electron chi connectivity index (χ4n) is 3.16. The molecule has 5 nitrogen and oxygen atoms in total. The van der Waals surface area contributed by atoms with Crippen LogP contribution < -0.4 is 0 Å². The molecule has 0 spiro atoms. The summed E-state index contributed by atoms with van der Waals surface area (Å²) in [4.78, 5) is 25.1. The van der Waals surface area contributed by atoms with E-state index < -0.39 is 6.10 Å². The zero-order chi connectivity index (χ0) is 20.1. The molecule has 0 aromatic carbocycles. The minimum absolute atomic E-state index is 0.0798. The van der Waals surface area contributed by atoms with Crippen LogP contribution in [0.25, 0.3) is 0 Å². The number of nitrogens with zero attached hydrogens (tertiary/aromatic N) is 1. The number of aliphatic hydroxyl groups excluding tert-OH is 1. The van der Waals surface area contributed by atoms with Crippen molar-refractivity contribution in [1.29, 1.82) is 0 Å². The summed E-state index contributed by atoms with van der Waals surface area (Å²) < 4.78 is 4.63. The Labute approximate surface area is 164 Å². The lowest BCUT2D eigenvalue weighted by atomic mass is 10.00. The standard InChI is InChI=1S/C22H35NO4/c1-4-5-8-11-18(2)20(24)15-13-19-14-16-21(25)23(19)17-10-7-6-9-12-22(26)27-3/h13,15,18-20,24H,4,6-7,9-12,14,16-17H2,1-3H3/t18-,19-,20-/m0/s1.